The quantitative estimate of drug-likeness (QED) is 0.821. The molecule has 6 nitrogen and oxygen atoms in total. The van der Waals surface area contributed by atoms with Gasteiger partial charge in [-0.3, -0.25) is 19.3 Å². The first-order valence-corrected chi connectivity index (χ1v) is 8.51. The number of hydrogen-bond acceptors (Lipinski definition) is 4. The first-order chi connectivity index (χ1) is 12.9. The van der Waals surface area contributed by atoms with Crippen LogP contribution in [0.15, 0.2) is 42.5 Å². The van der Waals surface area contributed by atoms with E-state index < -0.39 is 11.9 Å². The molecule has 1 N–H and O–H groups in total. The molecule has 7 heteroatoms. The number of ether oxygens (including phenoxy) is 1. The third-order valence-electron chi connectivity index (χ3n) is 4.46. The smallest absolute Gasteiger partial charge is 0.251 e. The van der Waals surface area contributed by atoms with E-state index >= 15 is 0 Å². The average molecular weight is 370 g/mol. The number of anilines is 1. The molecule has 0 aliphatic carbocycles. The van der Waals surface area contributed by atoms with Crippen LogP contribution in [0.3, 0.4) is 0 Å². The Morgan fingerprint density at radius 1 is 1.11 bits per heavy atom. The summed E-state index contributed by atoms with van der Waals surface area (Å²) < 4.78 is 18.7. The van der Waals surface area contributed by atoms with Crippen molar-refractivity contribution in [2.75, 3.05) is 12.0 Å². The monoisotopic (exact) mass is 370 g/mol. The predicted molar refractivity (Wildman–Crippen MR) is 97.0 cm³/mol. The fraction of sp³-hybridized carbons (Fsp3) is 0.250. The molecule has 0 spiro atoms. The van der Waals surface area contributed by atoms with Crippen LogP contribution >= 0.6 is 0 Å². The van der Waals surface area contributed by atoms with Crippen molar-refractivity contribution in [1.82, 2.24) is 5.32 Å². The van der Waals surface area contributed by atoms with Gasteiger partial charge in [0.05, 0.1) is 18.8 Å². The molecule has 1 atom stereocenters. The van der Waals surface area contributed by atoms with Crippen molar-refractivity contribution >= 4 is 23.4 Å². The minimum Gasteiger partial charge on any atom is -0.494 e. The summed E-state index contributed by atoms with van der Waals surface area (Å²) in [7, 11) is 1.39. The highest BCUT2D eigenvalue weighted by Gasteiger charge is 2.30. The number of carbonyl (C=O) groups is 3. The van der Waals surface area contributed by atoms with E-state index in [4.69, 9.17) is 4.74 Å². The third-order valence-corrected chi connectivity index (χ3v) is 4.46. The Kier molecular flexibility index (Phi) is 5.21. The molecule has 2 aromatic carbocycles. The van der Waals surface area contributed by atoms with Crippen molar-refractivity contribution in [3.8, 4) is 5.75 Å². The van der Waals surface area contributed by atoms with Crippen LogP contribution in [0.4, 0.5) is 10.1 Å². The number of methoxy groups -OCH3 is 1. The van der Waals surface area contributed by atoms with Crippen LogP contribution in [-0.2, 0) is 9.59 Å². The molecule has 1 heterocycles. The van der Waals surface area contributed by atoms with Gasteiger partial charge in [0.15, 0.2) is 11.6 Å². The van der Waals surface area contributed by atoms with E-state index in [1.165, 1.54) is 19.2 Å². The summed E-state index contributed by atoms with van der Waals surface area (Å²) in [6, 6.07) is 10.3. The summed E-state index contributed by atoms with van der Waals surface area (Å²) in [6.45, 7) is 1.75. The molecule has 1 aliphatic rings. The van der Waals surface area contributed by atoms with Gasteiger partial charge in [0, 0.05) is 18.4 Å². The van der Waals surface area contributed by atoms with E-state index in [0.717, 1.165) is 4.90 Å². The van der Waals surface area contributed by atoms with Crippen molar-refractivity contribution < 1.29 is 23.5 Å². The Labute approximate surface area is 155 Å². The lowest BCUT2D eigenvalue weighted by Gasteiger charge is -2.16. The minimum absolute atomic E-state index is 0.138. The lowest BCUT2D eigenvalue weighted by atomic mass is 10.1. The first-order valence-electron chi connectivity index (χ1n) is 8.51. The third kappa shape index (κ3) is 3.81. The van der Waals surface area contributed by atoms with Crippen molar-refractivity contribution in [1.29, 1.82) is 0 Å². The Bertz CT molecular complexity index is 879. The number of imide groups is 1. The fourth-order valence-corrected chi connectivity index (χ4v) is 2.94. The van der Waals surface area contributed by atoms with E-state index in [0.29, 0.717) is 16.8 Å². The zero-order valence-electron chi connectivity index (χ0n) is 15.0. The fourth-order valence-electron chi connectivity index (χ4n) is 2.94. The summed E-state index contributed by atoms with van der Waals surface area (Å²) in [5.41, 5.74) is 1.43. The summed E-state index contributed by atoms with van der Waals surface area (Å²) in [5, 5.41) is 2.79. The van der Waals surface area contributed by atoms with Gasteiger partial charge in [-0.05, 0) is 48.9 Å². The van der Waals surface area contributed by atoms with Crippen LogP contribution in [0.2, 0.25) is 0 Å². The van der Waals surface area contributed by atoms with Gasteiger partial charge >= 0.3 is 0 Å². The summed E-state index contributed by atoms with van der Waals surface area (Å²) in [5.74, 6) is -1.19. The Morgan fingerprint density at radius 3 is 2.30 bits per heavy atom. The molecule has 140 valence electrons. The zero-order valence-corrected chi connectivity index (χ0v) is 15.0. The molecule has 0 bridgehead atoms. The molecule has 0 radical (unpaired) electrons. The Hall–Kier alpha value is -3.22. The largest absolute Gasteiger partial charge is 0.494 e. The van der Waals surface area contributed by atoms with Crippen LogP contribution in [0.25, 0.3) is 0 Å². The molecule has 2 aromatic rings. The van der Waals surface area contributed by atoms with Crippen LogP contribution in [0.1, 0.15) is 41.7 Å². The van der Waals surface area contributed by atoms with Gasteiger partial charge in [-0.15, -0.1) is 0 Å². The molecule has 3 amide bonds. The number of amides is 3. The number of benzene rings is 2. The number of carbonyl (C=O) groups excluding carboxylic acids is 3. The maximum absolute atomic E-state index is 13.8. The molecule has 27 heavy (non-hydrogen) atoms. The average Bonchev–Trinajstić information content (AvgIpc) is 3.00. The molecule has 1 saturated heterocycles. The number of halogens is 1. The van der Waals surface area contributed by atoms with Gasteiger partial charge in [0.1, 0.15) is 0 Å². The molecule has 0 saturated carbocycles. The summed E-state index contributed by atoms with van der Waals surface area (Å²) >= 11 is 0. The molecular weight excluding hydrogens is 351 g/mol. The second-order valence-electron chi connectivity index (χ2n) is 6.26. The molecule has 3 rings (SSSR count). The molecule has 1 aliphatic heterocycles. The Balaban J connectivity index is 1.70. The van der Waals surface area contributed by atoms with Crippen molar-refractivity contribution in [2.45, 2.75) is 25.8 Å². The molecule has 0 aromatic heterocycles. The lowest BCUT2D eigenvalue weighted by Crippen LogP contribution is -2.29. The summed E-state index contributed by atoms with van der Waals surface area (Å²) in [6.07, 6.45) is 0.411. The number of nitrogens with one attached hydrogen (secondary N) is 1. The number of hydrogen-bond donors (Lipinski definition) is 1. The van der Waals surface area contributed by atoms with Crippen LogP contribution < -0.4 is 15.0 Å². The zero-order chi connectivity index (χ0) is 19.6. The summed E-state index contributed by atoms with van der Waals surface area (Å²) in [4.78, 5) is 37.1. The highest BCUT2D eigenvalue weighted by molar-refractivity contribution is 6.19. The topological polar surface area (TPSA) is 75.7 Å². The van der Waals surface area contributed by atoms with Crippen molar-refractivity contribution in [3.05, 3.63) is 59.4 Å². The van der Waals surface area contributed by atoms with Gasteiger partial charge in [-0.2, -0.15) is 0 Å². The molecule has 1 fully saturated rings. The van der Waals surface area contributed by atoms with Crippen LogP contribution in [0.5, 0.6) is 5.75 Å². The number of nitrogens with zero attached hydrogens (tertiary/aromatic N) is 1. The van der Waals surface area contributed by atoms with Crippen LogP contribution in [-0.4, -0.2) is 24.8 Å². The van der Waals surface area contributed by atoms with Gasteiger partial charge in [0.25, 0.3) is 5.91 Å². The molecule has 0 unspecified atom stereocenters. The normalized spacial score (nSPS) is 15.0. The van der Waals surface area contributed by atoms with Gasteiger partial charge in [-0.1, -0.05) is 6.07 Å². The van der Waals surface area contributed by atoms with E-state index in [2.05, 4.69) is 5.32 Å². The first kappa shape index (κ1) is 18.6. The van der Waals surface area contributed by atoms with E-state index in [9.17, 15) is 18.8 Å². The second-order valence-corrected chi connectivity index (χ2v) is 6.26. The van der Waals surface area contributed by atoms with E-state index in [1.807, 2.05) is 0 Å². The highest BCUT2D eigenvalue weighted by Crippen LogP contribution is 2.24. The standard InChI is InChI=1S/C20H19FN2O4/c1-12(14-5-8-17(27-2)16(21)11-14)22-20(26)13-3-6-15(7-4-13)23-18(24)9-10-19(23)25/h3-8,11-12H,9-10H2,1-2H3,(H,22,26)/t12-/m1/s1. The molecular formula is C20H19FN2O4. The van der Waals surface area contributed by atoms with E-state index in [1.54, 1.807) is 37.3 Å². The maximum Gasteiger partial charge on any atom is 0.251 e. The van der Waals surface area contributed by atoms with Crippen molar-refractivity contribution in [3.63, 3.8) is 0 Å². The van der Waals surface area contributed by atoms with Crippen LogP contribution in [0, 0.1) is 5.82 Å². The van der Waals surface area contributed by atoms with Gasteiger partial charge < -0.3 is 10.1 Å². The van der Waals surface area contributed by atoms with Gasteiger partial charge in [-0.25, -0.2) is 4.39 Å². The maximum atomic E-state index is 13.8. The highest BCUT2D eigenvalue weighted by atomic mass is 19.1. The number of rotatable bonds is 5. The minimum atomic E-state index is -0.500. The van der Waals surface area contributed by atoms with Crippen molar-refractivity contribution in [2.24, 2.45) is 0 Å². The Morgan fingerprint density at radius 2 is 1.74 bits per heavy atom. The van der Waals surface area contributed by atoms with E-state index in [-0.39, 0.29) is 36.3 Å². The predicted octanol–water partition coefficient (Wildman–Crippen LogP) is 2.98. The SMILES string of the molecule is COc1ccc([C@@H](C)NC(=O)c2ccc(N3C(=O)CCC3=O)cc2)cc1F. The van der Waals surface area contributed by atoms with Gasteiger partial charge in [0.2, 0.25) is 11.8 Å². The second kappa shape index (κ2) is 7.57. The lowest BCUT2D eigenvalue weighted by molar-refractivity contribution is -0.121.